The van der Waals surface area contributed by atoms with Gasteiger partial charge in [0, 0.05) is 18.5 Å². The lowest BCUT2D eigenvalue weighted by Gasteiger charge is -2.34. The molecular weight excluding hydrogens is 475 g/mol. The fraction of sp³-hybridized carbons (Fsp3) is 0.321. The van der Waals surface area contributed by atoms with Crippen LogP contribution in [0.5, 0.6) is 23.0 Å². The average molecular weight is 511 g/mol. The second-order valence-corrected chi connectivity index (χ2v) is 10.3. The van der Waals surface area contributed by atoms with Crippen LogP contribution in [-0.4, -0.2) is 37.0 Å². The molecular formula is C28H35N2O5P. The van der Waals surface area contributed by atoms with Gasteiger partial charge in [-0.25, -0.2) is 4.57 Å². The molecule has 0 aliphatic carbocycles. The van der Waals surface area contributed by atoms with Crippen molar-refractivity contribution in [1.82, 2.24) is 4.90 Å². The molecule has 0 atom stereocenters. The fourth-order valence-electron chi connectivity index (χ4n) is 3.89. The van der Waals surface area contributed by atoms with Crippen LogP contribution in [0.3, 0.4) is 0 Å². The fourth-order valence-corrected chi connectivity index (χ4v) is 5.24. The summed E-state index contributed by atoms with van der Waals surface area (Å²) in [5.41, 5.74) is 1.04. The predicted octanol–water partition coefficient (Wildman–Crippen LogP) is 7.03. The third-order valence-electron chi connectivity index (χ3n) is 5.41. The Morgan fingerprint density at radius 3 is 1.53 bits per heavy atom. The lowest BCUT2D eigenvalue weighted by Crippen LogP contribution is -2.43. The van der Waals surface area contributed by atoms with Crippen molar-refractivity contribution in [2.45, 2.75) is 46.2 Å². The van der Waals surface area contributed by atoms with E-state index in [0.29, 0.717) is 35.3 Å². The largest absolute Gasteiger partial charge is 0.564 e. The maximum atomic E-state index is 14.3. The van der Waals surface area contributed by atoms with E-state index >= 15 is 0 Å². The van der Waals surface area contributed by atoms with Crippen LogP contribution in [0, 0.1) is 0 Å². The molecule has 3 aromatic carbocycles. The van der Waals surface area contributed by atoms with Crippen molar-refractivity contribution in [3.05, 3.63) is 84.4 Å². The number of rotatable bonds is 11. The quantitative estimate of drug-likeness (QED) is 0.157. The number of hydrogen-bond acceptors (Lipinski definition) is 5. The van der Waals surface area contributed by atoms with Gasteiger partial charge in [0.05, 0.1) is 14.2 Å². The predicted molar refractivity (Wildman–Crippen MR) is 145 cm³/mol. The van der Waals surface area contributed by atoms with Gasteiger partial charge in [-0.2, -0.15) is 0 Å². The first-order valence-corrected chi connectivity index (χ1v) is 13.4. The van der Waals surface area contributed by atoms with Crippen LogP contribution in [0.25, 0.3) is 0 Å². The molecule has 0 amide bonds. The summed E-state index contributed by atoms with van der Waals surface area (Å²) in [5.74, 6) is 2.66. The molecule has 3 rings (SSSR count). The normalized spacial score (nSPS) is 11.9. The average Bonchev–Trinajstić information content (AvgIpc) is 2.85. The lowest BCUT2D eigenvalue weighted by atomic mass is 10.1. The summed E-state index contributed by atoms with van der Waals surface area (Å²) in [7, 11) is -0.905. The van der Waals surface area contributed by atoms with E-state index in [1.165, 1.54) is 0 Å². The smallest absolute Gasteiger partial charge is 0.497 e. The van der Waals surface area contributed by atoms with Crippen molar-refractivity contribution < 1.29 is 23.1 Å². The summed E-state index contributed by atoms with van der Waals surface area (Å²) in [4.78, 5) is 2.13. The van der Waals surface area contributed by atoms with Gasteiger partial charge in [-0.15, -0.1) is 4.76 Å². The van der Waals surface area contributed by atoms with E-state index in [9.17, 15) is 4.57 Å². The van der Waals surface area contributed by atoms with Gasteiger partial charge in [-0.05, 0) is 81.8 Å². The third kappa shape index (κ3) is 7.53. The number of ether oxygens (including phenoxy) is 2. The van der Waals surface area contributed by atoms with Crippen molar-refractivity contribution in [2.24, 2.45) is 4.76 Å². The Bertz CT molecular complexity index is 1100. The van der Waals surface area contributed by atoms with Crippen LogP contribution in [0.1, 0.15) is 33.3 Å². The molecule has 0 saturated carbocycles. The van der Waals surface area contributed by atoms with Gasteiger partial charge in [0.1, 0.15) is 28.8 Å². The summed E-state index contributed by atoms with van der Waals surface area (Å²) in [6.07, 6.45) is 0.471. The Hall–Kier alpha value is -3.44. The Morgan fingerprint density at radius 1 is 0.722 bits per heavy atom. The SMILES string of the molecule is COc1ccc(OP(=O)(/N=C(/Cc2ccccc2)N(C(C)C)C(C)C)Oc2ccc(OC)cc2)cc1. The van der Waals surface area contributed by atoms with Gasteiger partial charge in [-0.3, -0.25) is 0 Å². The van der Waals surface area contributed by atoms with E-state index in [1.807, 2.05) is 30.3 Å². The highest BCUT2D eigenvalue weighted by Gasteiger charge is 2.32. The van der Waals surface area contributed by atoms with Gasteiger partial charge >= 0.3 is 7.75 Å². The van der Waals surface area contributed by atoms with Crippen LogP contribution >= 0.6 is 7.75 Å². The molecule has 7 nitrogen and oxygen atoms in total. The maximum absolute atomic E-state index is 14.3. The second-order valence-electron chi connectivity index (χ2n) is 8.78. The number of benzene rings is 3. The number of amidine groups is 1. The zero-order chi connectivity index (χ0) is 26.1. The maximum Gasteiger partial charge on any atom is 0.564 e. The standard InChI is InChI=1S/C28H35N2O5P/c1-21(2)30(22(3)4)28(20-23-10-8-7-9-11-23)29-36(31,34-26-16-12-24(32-5)13-17-26)35-27-18-14-25(33-6)15-19-27/h7-19,21-22H,20H2,1-6H3/b29-28-. The van der Waals surface area contributed by atoms with Gasteiger partial charge in [-0.1, -0.05) is 30.3 Å². The summed E-state index contributed by atoms with van der Waals surface area (Å²) in [6.45, 7) is 8.33. The van der Waals surface area contributed by atoms with Crippen LogP contribution < -0.4 is 18.5 Å². The van der Waals surface area contributed by atoms with E-state index in [0.717, 1.165) is 5.56 Å². The molecule has 0 heterocycles. The molecule has 0 spiro atoms. The highest BCUT2D eigenvalue weighted by molar-refractivity contribution is 7.53. The molecule has 0 radical (unpaired) electrons. The molecule has 0 bridgehead atoms. The van der Waals surface area contributed by atoms with Crippen LogP contribution in [-0.2, 0) is 11.0 Å². The number of methoxy groups -OCH3 is 2. The minimum absolute atomic E-state index is 0.114. The van der Waals surface area contributed by atoms with Crippen LogP contribution in [0.15, 0.2) is 83.6 Å². The molecule has 0 aliphatic rings. The van der Waals surface area contributed by atoms with E-state index in [1.54, 1.807) is 62.8 Å². The van der Waals surface area contributed by atoms with Crippen molar-refractivity contribution >= 4 is 13.6 Å². The minimum Gasteiger partial charge on any atom is -0.497 e. The highest BCUT2D eigenvalue weighted by Crippen LogP contribution is 2.51. The zero-order valence-corrected chi connectivity index (χ0v) is 22.6. The molecule has 0 N–H and O–H groups in total. The summed E-state index contributed by atoms with van der Waals surface area (Å²) in [6, 6.07) is 23.8. The first-order chi connectivity index (χ1) is 17.2. The highest BCUT2D eigenvalue weighted by atomic mass is 31.2. The number of hydrogen-bond donors (Lipinski definition) is 0. The first-order valence-electron chi connectivity index (χ1n) is 11.9. The van der Waals surface area contributed by atoms with Gasteiger partial charge < -0.3 is 23.4 Å². The molecule has 192 valence electrons. The van der Waals surface area contributed by atoms with Crippen molar-refractivity contribution in [3.63, 3.8) is 0 Å². The van der Waals surface area contributed by atoms with Crippen LogP contribution in [0.4, 0.5) is 0 Å². The topological polar surface area (TPSA) is 69.6 Å². The van der Waals surface area contributed by atoms with Crippen molar-refractivity contribution in [1.29, 1.82) is 0 Å². The Labute approximate surface area is 214 Å². The molecule has 8 heteroatoms. The minimum atomic E-state index is -4.07. The van der Waals surface area contributed by atoms with Crippen molar-refractivity contribution in [2.75, 3.05) is 14.2 Å². The molecule has 0 aliphatic heterocycles. The first kappa shape index (κ1) is 27.2. The van der Waals surface area contributed by atoms with Crippen LogP contribution in [0.2, 0.25) is 0 Å². The zero-order valence-electron chi connectivity index (χ0n) is 21.8. The van der Waals surface area contributed by atoms with Gasteiger partial charge in [0.15, 0.2) is 0 Å². The Kier molecular flexibility index (Phi) is 9.43. The molecule has 3 aromatic rings. The molecule has 0 saturated heterocycles. The van der Waals surface area contributed by atoms with Gasteiger partial charge in [0.2, 0.25) is 0 Å². The monoisotopic (exact) mass is 510 g/mol. The second kappa shape index (κ2) is 12.5. The van der Waals surface area contributed by atoms with E-state index in [4.69, 9.17) is 23.3 Å². The summed E-state index contributed by atoms with van der Waals surface area (Å²) in [5, 5.41) is 0. The summed E-state index contributed by atoms with van der Waals surface area (Å²) < 4.78 is 41.4. The Balaban J connectivity index is 2.08. The molecule has 0 fully saturated rings. The lowest BCUT2D eigenvalue weighted by molar-refractivity contribution is 0.287. The van der Waals surface area contributed by atoms with Gasteiger partial charge in [0.25, 0.3) is 0 Å². The molecule has 36 heavy (non-hydrogen) atoms. The Morgan fingerprint density at radius 2 is 1.14 bits per heavy atom. The summed E-state index contributed by atoms with van der Waals surface area (Å²) >= 11 is 0. The van der Waals surface area contributed by atoms with E-state index < -0.39 is 7.75 Å². The number of nitrogens with zero attached hydrogens (tertiary/aromatic N) is 2. The van der Waals surface area contributed by atoms with E-state index in [-0.39, 0.29) is 12.1 Å². The third-order valence-corrected chi connectivity index (χ3v) is 6.77. The van der Waals surface area contributed by atoms with E-state index in [2.05, 4.69) is 32.6 Å². The van der Waals surface area contributed by atoms with Crippen molar-refractivity contribution in [3.8, 4) is 23.0 Å². The molecule has 0 unspecified atom stereocenters. The molecule has 0 aromatic heterocycles.